The summed E-state index contributed by atoms with van der Waals surface area (Å²) in [7, 11) is 0. The second-order valence-corrected chi connectivity index (χ2v) is 5.44. The van der Waals surface area contributed by atoms with Crippen LogP contribution in [0, 0.1) is 0 Å². The maximum absolute atomic E-state index is 11.6. The van der Waals surface area contributed by atoms with Gasteiger partial charge in [0.1, 0.15) is 5.75 Å². The fraction of sp³-hybridized carbons (Fsp3) is 0.308. The quantitative estimate of drug-likeness (QED) is 0.169. The molecule has 1 aromatic carbocycles. The van der Waals surface area contributed by atoms with Crippen LogP contribution < -0.4 is 33.2 Å². The predicted octanol–water partition coefficient (Wildman–Crippen LogP) is -1.31. The van der Waals surface area contributed by atoms with E-state index in [4.69, 9.17) is 27.8 Å². The van der Waals surface area contributed by atoms with E-state index in [1.165, 1.54) is 12.1 Å². The lowest BCUT2D eigenvalue weighted by molar-refractivity contribution is -0.121. The van der Waals surface area contributed by atoms with E-state index in [9.17, 15) is 14.4 Å². The van der Waals surface area contributed by atoms with Gasteiger partial charge in [0.2, 0.25) is 5.91 Å². The molecule has 10 heteroatoms. The van der Waals surface area contributed by atoms with Crippen molar-refractivity contribution in [1.29, 1.82) is 0 Å². The van der Waals surface area contributed by atoms with Gasteiger partial charge in [-0.1, -0.05) is 0 Å². The number of hydrazine groups is 1. The number of carbonyl (C=O) groups is 3. The molecule has 1 rings (SSSR count). The van der Waals surface area contributed by atoms with Crippen molar-refractivity contribution < 1.29 is 19.1 Å². The molecule has 0 saturated heterocycles. The monoisotopic (exact) mass is 341 g/mol. The molecule has 0 bridgehead atoms. The fourth-order valence-electron chi connectivity index (χ4n) is 1.74. The molecule has 9 N–H and O–H groups in total. The highest BCUT2D eigenvalue weighted by atomic mass is 32.2. The van der Waals surface area contributed by atoms with Gasteiger partial charge in [0.25, 0.3) is 11.8 Å². The van der Waals surface area contributed by atoms with Gasteiger partial charge in [0, 0.05) is 5.75 Å². The lowest BCUT2D eigenvalue weighted by Gasteiger charge is -2.17. The highest BCUT2D eigenvalue weighted by Crippen LogP contribution is 2.36. The van der Waals surface area contributed by atoms with Crippen molar-refractivity contribution in [3.8, 4) is 5.75 Å². The Labute approximate surface area is 137 Å². The second-order valence-electron chi connectivity index (χ2n) is 4.41. The van der Waals surface area contributed by atoms with E-state index in [0.29, 0.717) is 4.90 Å². The van der Waals surface area contributed by atoms with Crippen molar-refractivity contribution in [1.82, 2.24) is 5.43 Å². The molecule has 1 atom stereocenters. The largest absolute Gasteiger partial charge is 0.492 e. The molecular weight excluding hydrogens is 322 g/mol. The summed E-state index contributed by atoms with van der Waals surface area (Å²) in [5, 5.41) is 0. The maximum atomic E-state index is 11.6. The standard InChI is InChI=1S/C13H19N5O4S/c1-2-22-9-6(11(15)19)3-4-7(12(16)20)10(9)23-5-8(14)13(21)18-17/h3-4,8H,2,5,14,17H2,1H3,(H2,15,19)(H2,16,20)(H,18,21). The highest BCUT2D eigenvalue weighted by Gasteiger charge is 2.22. The number of nitrogens with two attached hydrogens (primary N) is 4. The number of thioether (sulfide) groups is 1. The number of primary amides is 2. The predicted molar refractivity (Wildman–Crippen MR) is 85.7 cm³/mol. The van der Waals surface area contributed by atoms with E-state index in [1.54, 1.807) is 6.92 Å². The number of amides is 3. The van der Waals surface area contributed by atoms with Crippen molar-refractivity contribution in [2.24, 2.45) is 23.0 Å². The molecule has 0 aromatic heterocycles. The van der Waals surface area contributed by atoms with Gasteiger partial charge in [0.05, 0.1) is 28.7 Å². The minimum Gasteiger partial charge on any atom is -0.492 e. The smallest absolute Gasteiger partial charge is 0.252 e. The molecule has 0 aliphatic carbocycles. The molecule has 0 aliphatic rings. The van der Waals surface area contributed by atoms with E-state index in [-0.39, 0.29) is 29.2 Å². The van der Waals surface area contributed by atoms with E-state index >= 15 is 0 Å². The highest BCUT2D eigenvalue weighted by molar-refractivity contribution is 7.99. The van der Waals surface area contributed by atoms with Crippen LogP contribution in [0.15, 0.2) is 17.0 Å². The molecule has 1 aromatic rings. The first-order chi connectivity index (χ1) is 10.8. The first-order valence-electron chi connectivity index (χ1n) is 6.61. The molecule has 23 heavy (non-hydrogen) atoms. The number of benzene rings is 1. The van der Waals surface area contributed by atoms with Crippen molar-refractivity contribution in [2.75, 3.05) is 12.4 Å². The molecule has 9 nitrogen and oxygen atoms in total. The summed E-state index contributed by atoms with van der Waals surface area (Å²) in [6.07, 6.45) is 0. The third-order valence-corrected chi connectivity index (χ3v) is 4.04. The maximum Gasteiger partial charge on any atom is 0.252 e. The van der Waals surface area contributed by atoms with Crippen LogP contribution in [0.4, 0.5) is 0 Å². The first-order valence-corrected chi connectivity index (χ1v) is 7.60. The fourth-order valence-corrected chi connectivity index (χ4v) is 2.86. The third-order valence-electron chi connectivity index (χ3n) is 2.82. The van der Waals surface area contributed by atoms with E-state index in [0.717, 1.165) is 11.8 Å². The van der Waals surface area contributed by atoms with Crippen LogP contribution in [-0.4, -0.2) is 36.1 Å². The molecule has 1 unspecified atom stereocenters. The Morgan fingerprint density at radius 1 is 1.22 bits per heavy atom. The van der Waals surface area contributed by atoms with Crippen LogP contribution in [0.1, 0.15) is 27.6 Å². The van der Waals surface area contributed by atoms with Crippen LogP contribution >= 0.6 is 11.8 Å². The second kappa shape index (κ2) is 8.36. The first kappa shape index (κ1) is 18.7. The Morgan fingerprint density at radius 2 is 1.78 bits per heavy atom. The van der Waals surface area contributed by atoms with Crippen LogP contribution in [0.5, 0.6) is 5.75 Å². The number of rotatable bonds is 8. The molecule has 0 saturated carbocycles. The lowest BCUT2D eigenvalue weighted by atomic mass is 10.1. The van der Waals surface area contributed by atoms with Crippen LogP contribution in [0.25, 0.3) is 0 Å². The Balaban J connectivity index is 3.28. The Kier molecular flexibility index (Phi) is 6.82. The SMILES string of the molecule is CCOc1c(C(N)=O)ccc(C(N)=O)c1SCC(N)C(=O)NN. The average Bonchev–Trinajstić information content (AvgIpc) is 2.51. The lowest BCUT2D eigenvalue weighted by Crippen LogP contribution is -2.45. The summed E-state index contributed by atoms with van der Waals surface area (Å²) in [6, 6.07) is 1.82. The summed E-state index contributed by atoms with van der Waals surface area (Å²) in [5.74, 6) is 3.25. The molecule has 0 aliphatic heterocycles. The number of hydrogen-bond donors (Lipinski definition) is 5. The topological polar surface area (TPSA) is 177 Å². The number of carbonyl (C=O) groups excluding carboxylic acids is 3. The molecule has 0 heterocycles. The van der Waals surface area contributed by atoms with Gasteiger partial charge < -0.3 is 21.9 Å². The zero-order valence-corrected chi connectivity index (χ0v) is 13.3. The summed E-state index contributed by atoms with van der Waals surface area (Å²) >= 11 is 1.05. The van der Waals surface area contributed by atoms with Gasteiger partial charge in [0.15, 0.2) is 0 Å². The van der Waals surface area contributed by atoms with Gasteiger partial charge >= 0.3 is 0 Å². The summed E-state index contributed by atoms with van der Waals surface area (Å²) < 4.78 is 5.44. The van der Waals surface area contributed by atoms with E-state index in [2.05, 4.69) is 0 Å². The van der Waals surface area contributed by atoms with Gasteiger partial charge in [-0.3, -0.25) is 19.8 Å². The van der Waals surface area contributed by atoms with Crippen molar-refractivity contribution >= 4 is 29.5 Å². The minimum absolute atomic E-state index is 0.0889. The molecule has 0 spiro atoms. The van der Waals surface area contributed by atoms with E-state index < -0.39 is 23.8 Å². The van der Waals surface area contributed by atoms with Crippen molar-refractivity contribution in [3.63, 3.8) is 0 Å². The zero-order valence-electron chi connectivity index (χ0n) is 12.5. The Bertz CT molecular complexity index is 623. The molecule has 0 radical (unpaired) electrons. The van der Waals surface area contributed by atoms with Crippen LogP contribution in [0.3, 0.4) is 0 Å². The Hall–Kier alpha value is -2.30. The van der Waals surface area contributed by atoms with Crippen molar-refractivity contribution in [3.05, 3.63) is 23.3 Å². The molecular formula is C13H19N5O4S. The van der Waals surface area contributed by atoms with Gasteiger partial charge in [-0.25, -0.2) is 5.84 Å². The van der Waals surface area contributed by atoms with E-state index in [1.807, 2.05) is 5.43 Å². The van der Waals surface area contributed by atoms with Crippen molar-refractivity contribution in [2.45, 2.75) is 17.9 Å². The molecule has 0 fully saturated rings. The zero-order chi connectivity index (χ0) is 17.6. The van der Waals surface area contributed by atoms with Gasteiger partial charge in [-0.05, 0) is 19.1 Å². The molecule has 126 valence electrons. The minimum atomic E-state index is -0.919. The summed E-state index contributed by atoms with van der Waals surface area (Å²) in [5.41, 5.74) is 18.5. The number of ether oxygens (including phenoxy) is 1. The number of hydrogen-bond acceptors (Lipinski definition) is 7. The molecule has 3 amide bonds. The normalized spacial score (nSPS) is 11.6. The number of nitrogens with one attached hydrogen (secondary N) is 1. The average molecular weight is 341 g/mol. The summed E-state index contributed by atoms with van der Waals surface area (Å²) in [6.45, 7) is 1.95. The third kappa shape index (κ3) is 4.58. The van der Waals surface area contributed by atoms with Gasteiger partial charge in [-0.2, -0.15) is 0 Å². The van der Waals surface area contributed by atoms with Crippen LogP contribution in [0.2, 0.25) is 0 Å². The Morgan fingerprint density at radius 3 is 2.26 bits per heavy atom. The van der Waals surface area contributed by atoms with Crippen LogP contribution in [-0.2, 0) is 4.79 Å². The van der Waals surface area contributed by atoms with Gasteiger partial charge in [-0.15, -0.1) is 11.8 Å². The summed E-state index contributed by atoms with van der Waals surface area (Å²) in [4.78, 5) is 34.8.